The number of piperidine rings is 1. The van der Waals surface area contributed by atoms with E-state index in [0.717, 1.165) is 33.8 Å². The Balaban J connectivity index is 1.80. The Bertz CT molecular complexity index is 914. The first-order chi connectivity index (χ1) is 12.8. The molecule has 1 saturated heterocycles. The molecule has 0 bridgehead atoms. The van der Waals surface area contributed by atoms with Crippen molar-refractivity contribution in [1.29, 1.82) is 0 Å². The zero-order valence-electron chi connectivity index (χ0n) is 14.9. The molecular weight excluding hydrogens is 342 g/mol. The number of fused-ring (bicyclic) bond motifs is 1. The molecule has 26 heavy (non-hydrogen) atoms. The SMILES string of the molecule is CNC(=O)c1[nH]c2ccc(N3CCCCC3)cc2c1Sc1ccccc1. The van der Waals surface area contributed by atoms with Gasteiger partial charge >= 0.3 is 0 Å². The molecule has 134 valence electrons. The van der Waals surface area contributed by atoms with Gasteiger partial charge in [0.25, 0.3) is 5.91 Å². The Labute approximate surface area is 158 Å². The number of anilines is 1. The topological polar surface area (TPSA) is 48.1 Å². The van der Waals surface area contributed by atoms with Crippen molar-refractivity contribution in [3.05, 3.63) is 54.2 Å². The number of aromatic nitrogens is 1. The molecule has 0 unspecified atom stereocenters. The van der Waals surface area contributed by atoms with E-state index in [2.05, 4.69) is 45.5 Å². The van der Waals surface area contributed by atoms with Gasteiger partial charge in [-0.2, -0.15) is 0 Å². The van der Waals surface area contributed by atoms with E-state index in [4.69, 9.17) is 0 Å². The summed E-state index contributed by atoms with van der Waals surface area (Å²) in [5.41, 5.74) is 2.88. The first-order valence-electron chi connectivity index (χ1n) is 9.12. The van der Waals surface area contributed by atoms with Crippen LogP contribution in [0.2, 0.25) is 0 Å². The Kier molecular flexibility index (Phi) is 4.89. The molecule has 1 aliphatic rings. The maximum atomic E-state index is 12.4. The fraction of sp³-hybridized carbons (Fsp3) is 0.286. The second kappa shape index (κ2) is 7.46. The van der Waals surface area contributed by atoms with Crippen LogP contribution >= 0.6 is 11.8 Å². The van der Waals surface area contributed by atoms with Crippen molar-refractivity contribution in [2.45, 2.75) is 29.1 Å². The van der Waals surface area contributed by atoms with Crippen molar-refractivity contribution in [2.24, 2.45) is 0 Å². The largest absolute Gasteiger partial charge is 0.372 e. The van der Waals surface area contributed by atoms with Crippen LogP contribution in [0.3, 0.4) is 0 Å². The molecule has 0 spiro atoms. The van der Waals surface area contributed by atoms with E-state index >= 15 is 0 Å². The average molecular weight is 366 g/mol. The number of H-pyrrole nitrogens is 1. The summed E-state index contributed by atoms with van der Waals surface area (Å²) in [7, 11) is 1.67. The molecule has 1 aliphatic heterocycles. The third-order valence-electron chi connectivity index (χ3n) is 4.87. The molecule has 4 rings (SSSR count). The van der Waals surface area contributed by atoms with Crippen molar-refractivity contribution in [3.63, 3.8) is 0 Å². The molecule has 2 heterocycles. The predicted molar refractivity (Wildman–Crippen MR) is 108 cm³/mol. The lowest BCUT2D eigenvalue weighted by Crippen LogP contribution is -2.29. The lowest BCUT2D eigenvalue weighted by atomic mass is 10.1. The number of nitrogens with zero attached hydrogens (tertiary/aromatic N) is 1. The van der Waals surface area contributed by atoms with Crippen LogP contribution in [-0.2, 0) is 0 Å². The number of amides is 1. The summed E-state index contributed by atoms with van der Waals surface area (Å²) < 4.78 is 0. The van der Waals surface area contributed by atoms with Gasteiger partial charge in [0.15, 0.2) is 0 Å². The van der Waals surface area contributed by atoms with Crippen molar-refractivity contribution in [2.75, 3.05) is 25.0 Å². The number of carbonyl (C=O) groups excluding carboxylic acids is 1. The third-order valence-corrected chi connectivity index (χ3v) is 6.01. The number of rotatable bonds is 4. The highest BCUT2D eigenvalue weighted by molar-refractivity contribution is 7.99. The van der Waals surface area contributed by atoms with Gasteiger partial charge in [0.05, 0.1) is 4.90 Å². The lowest BCUT2D eigenvalue weighted by molar-refractivity contribution is 0.0956. The minimum Gasteiger partial charge on any atom is -0.372 e. The normalized spacial score (nSPS) is 14.6. The van der Waals surface area contributed by atoms with Crippen LogP contribution in [0.4, 0.5) is 5.69 Å². The molecular formula is C21H23N3OS. The van der Waals surface area contributed by atoms with Crippen LogP contribution in [0.5, 0.6) is 0 Å². The quantitative estimate of drug-likeness (QED) is 0.706. The molecule has 0 atom stereocenters. The number of hydrogen-bond donors (Lipinski definition) is 2. The van der Waals surface area contributed by atoms with E-state index in [-0.39, 0.29) is 5.91 Å². The van der Waals surface area contributed by atoms with Gasteiger partial charge in [0.1, 0.15) is 5.69 Å². The number of hydrogen-bond acceptors (Lipinski definition) is 3. The Morgan fingerprint density at radius 3 is 2.58 bits per heavy atom. The summed E-state index contributed by atoms with van der Waals surface area (Å²) >= 11 is 1.64. The third kappa shape index (κ3) is 3.31. The molecule has 0 aliphatic carbocycles. The zero-order chi connectivity index (χ0) is 17.9. The molecule has 3 aromatic rings. The molecule has 2 N–H and O–H groups in total. The summed E-state index contributed by atoms with van der Waals surface area (Å²) in [5, 5.41) is 3.86. The highest BCUT2D eigenvalue weighted by Crippen LogP contribution is 2.38. The number of nitrogens with one attached hydrogen (secondary N) is 2. The molecule has 0 radical (unpaired) electrons. The van der Waals surface area contributed by atoms with E-state index in [1.807, 2.05) is 18.2 Å². The van der Waals surface area contributed by atoms with E-state index in [1.165, 1.54) is 24.9 Å². The first-order valence-corrected chi connectivity index (χ1v) is 9.93. The molecule has 1 amide bonds. The van der Waals surface area contributed by atoms with Gasteiger partial charge in [-0.25, -0.2) is 0 Å². The fourth-order valence-electron chi connectivity index (χ4n) is 3.50. The molecule has 0 saturated carbocycles. The van der Waals surface area contributed by atoms with Gasteiger partial charge in [-0.05, 0) is 49.6 Å². The van der Waals surface area contributed by atoms with Crippen LogP contribution in [0.25, 0.3) is 10.9 Å². The number of carbonyl (C=O) groups is 1. The molecule has 1 fully saturated rings. The maximum absolute atomic E-state index is 12.4. The molecule has 4 nitrogen and oxygen atoms in total. The van der Waals surface area contributed by atoms with Crippen LogP contribution in [0, 0.1) is 0 Å². The van der Waals surface area contributed by atoms with E-state index < -0.39 is 0 Å². The van der Waals surface area contributed by atoms with Crippen molar-refractivity contribution in [3.8, 4) is 0 Å². The van der Waals surface area contributed by atoms with Gasteiger partial charge in [0.2, 0.25) is 0 Å². The Morgan fingerprint density at radius 2 is 1.85 bits per heavy atom. The second-order valence-corrected chi connectivity index (χ2v) is 7.68. The van der Waals surface area contributed by atoms with Crippen molar-refractivity contribution in [1.82, 2.24) is 10.3 Å². The summed E-state index contributed by atoms with van der Waals surface area (Å²) in [6, 6.07) is 16.7. The predicted octanol–water partition coefficient (Wildman–Crippen LogP) is 4.67. The highest BCUT2D eigenvalue weighted by atomic mass is 32.2. The highest BCUT2D eigenvalue weighted by Gasteiger charge is 2.20. The van der Waals surface area contributed by atoms with Crippen LogP contribution in [0.1, 0.15) is 29.8 Å². The molecule has 5 heteroatoms. The average Bonchev–Trinajstić information content (AvgIpc) is 3.06. The minimum absolute atomic E-state index is 0.0841. The lowest BCUT2D eigenvalue weighted by Gasteiger charge is -2.28. The van der Waals surface area contributed by atoms with Crippen molar-refractivity contribution >= 4 is 34.3 Å². The van der Waals surface area contributed by atoms with Crippen molar-refractivity contribution < 1.29 is 4.79 Å². The van der Waals surface area contributed by atoms with E-state index in [1.54, 1.807) is 18.8 Å². The Hall–Kier alpha value is -2.40. The molecule has 2 aromatic carbocycles. The van der Waals surface area contributed by atoms with Gasteiger partial charge in [-0.3, -0.25) is 4.79 Å². The van der Waals surface area contributed by atoms with Gasteiger partial charge in [-0.15, -0.1) is 0 Å². The standard InChI is InChI=1S/C21H23N3OS/c1-22-21(25)19-20(26-16-8-4-2-5-9-16)17-14-15(10-11-18(17)23-19)24-12-6-3-7-13-24/h2,4-5,8-11,14,23H,3,6-7,12-13H2,1H3,(H,22,25). The van der Waals surface area contributed by atoms with E-state index in [0.29, 0.717) is 5.69 Å². The monoisotopic (exact) mass is 365 g/mol. The molecule has 1 aromatic heterocycles. The fourth-order valence-corrected chi connectivity index (χ4v) is 4.55. The minimum atomic E-state index is -0.0841. The van der Waals surface area contributed by atoms with Crippen LogP contribution < -0.4 is 10.2 Å². The first kappa shape index (κ1) is 17.0. The van der Waals surface area contributed by atoms with Gasteiger partial charge in [0, 0.05) is 41.6 Å². The zero-order valence-corrected chi connectivity index (χ0v) is 15.7. The summed E-state index contributed by atoms with van der Waals surface area (Å²) in [6.07, 6.45) is 3.82. The van der Waals surface area contributed by atoms with E-state index in [9.17, 15) is 4.79 Å². The smallest absolute Gasteiger partial charge is 0.268 e. The van der Waals surface area contributed by atoms with Crippen LogP contribution in [-0.4, -0.2) is 31.0 Å². The Morgan fingerprint density at radius 1 is 1.08 bits per heavy atom. The number of benzene rings is 2. The second-order valence-electron chi connectivity index (χ2n) is 6.60. The van der Waals surface area contributed by atoms with Crippen LogP contribution in [0.15, 0.2) is 58.3 Å². The van der Waals surface area contributed by atoms with Gasteiger partial charge in [-0.1, -0.05) is 30.0 Å². The summed E-state index contributed by atoms with van der Waals surface area (Å²) in [5.74, 6) is -0.0841. The summed E-state index contributed by atoms with van der Waals surface area (Å²) in [4.78, 5) is 20.3. The maximum Gasteiger partial charge on any atom is 0.268 e. The number of aromatic amines is 1. The summed E-state index contributed by atoms with van der Waals surface area (Å²) in [6.45, 7) is 2.22. The van der Waals surface area contributed by atoms with Gasteiger partial charge < -0.3 is 15.2 Å².